The number of hydrogen-bond acceptors (Lipinski definition) is 2. The molecule has 0 spiro atoms. The van der Waals surface area contributed by atoms with E-state index >= 15 is 0 Å². The molecule has 0 amide bonds. The van der Waals surface area contributed by atoms with Gasteiger partial charge in [-0.2, -0.15) is 0 Å². The minimum Gasteiger partial charge on any atom is -0.293 e. The highest BCUT2D eigenvalue weighted by Crippen LogP contribution is 2.29. The predicted octanol–water partition coefficient (Wildman–Crippen LogP) is 7.33. The van der Waals surface area contributed by atoms with Gasteiger partial charge in [0.15, 0.2) is 11.6 Å². The number of benzene rings is 4. The number of Topliss-reactive ketones (excluding diaryl/α,β-unsaturated/α-hetero) is 2. The van der Waals surface area contributed by atoms with Gasteiger partial charge in [-0.05, 0) is 29.9 Å². The largest absolute Gasteiger partial charge is 0.293 e. The number of hydrogen-bond donors (Lipinski definition) is 0. The van der Waals surface area contributed by atoms with Crippen molar-refractivity contribution in [3.8, 4) is 0 Å². The van der Waals surface area contributed by atoms with Crippen molar-refractivity contribution in [2.75, 3.05) is 0 Å². The smallest absolute Gasteiger partial charge is 0.174 e. The Hall–Kier alpha value is -4.04. The van der Waals surface area contributed by atoms with E-state index < -0.39 is 5.92 Å². The van der Waals surface area contributed by atoms with Gasteiger partial charge in [-0.25, -0.2) is 0 Å². The maximum Gasteiger partial charge on any atom is 0.174 e. The Bertz CT molecular complexity index is 1160. The number of carbonyl (C=O) groups is 2. The summed E-state index contributed by atoms with van der Waals surface area (Å²) in [4.78, 5) is 27.5. The first-order valence-corrected chi connectivity index (χ1v) is 11.7. The number of aryl methyl sites for hydroxylation is 1. The lowest BCUT2D eigenvalue weighted by atomic mass is 9.77. The monoisotopic (exact) mass is 444 g/mol. The Kier molecular flexibility index (Phi) is 7.97. The van der Waals surface area contributed by atoms with Crippen LogP contribution in [0.2, 0.25) is 0 Å². The van der Waals surface area contributed by atoms with Gasteiger partial charge < -0.3 is 0 Å². The highest BCUT2D eigenvalue weighted by Gasteiger charge is 2.34. The van der Waals surface area contributed by atoms with E-state index in [1.165, 1.54) is 5.56 Å². The van der Waals surface area contributed by atoms with Crippen LogP contribution in [0.25, 0.3) is 6.08 Å². The van der Waals surface area contributed by atoms with E-state index in [4.69, 9.17) is 0 Å². The van der Waals surface area contributed by atoms with Gasteiger partial charge in [0.1, 0.15) is 0 Å². The van der Waals surface area contributed by atoms with Crippen LogP contribution >= 0.6 is 0 Å². The summed E-state index contributed by atoms with van der Waals surface area (Å²) < 4.78 is 0. The summed E-state index contributed by atoms with van der Waals surface area (Å²) >= 11 is 0. The maximum atomic E-state index is 13.8. The molecule has 0 N–H and O–H groups in total. The van der Waals surface area contributed by atoms with Gasteiger partial charge in [0.05, 0.1) is 5.92 Å². The fourth-order valence-electron chi connectivity index (χ4n) is 4.22. The van der Waals surface area contributed by atoms with Crippen molar-refractivity contribution in [2.45, 2.75) is 12.8 Å². The molecule has 168 valence electrons. The number of allylic oxidation sites excluding steroid dienone is 1. The van der Waals surface area contributed by atoms with Crippen LogP contribution < -0.4 is 0 Å². The van der Waals surface area contributed by atoms with E-state index in [1.807, 2.05) is 97.1 Å². The third kappa shape index (κ3) is 6.05. The second-order valence-electron chi connectivity index (χ2n) is 8.40. The third-order valence-corrected chi connectivity index (χ3v) is 6.05. The van der Waals surface area contributed by atoms with Crippen molar-refractivity contribution in [1.82, 2.24) is 0 Å². The molecule has 0 saturated carbocycles. The van der Waals surface area contributed by atoms with Crippen molar-refractivity contribution in [2.24, 2.45) is 11.8 Å². The van der Waals surface area contributed by atoms with E-state index in [0.29, 0.717) is 17.5 Å². The second kappa shape index (κ2) is 11.7. The molecule has 0 aromatic heterocycles. The lowest BCUT2D eigenvalue weighted by Gasteiger charge is -2.23. The Morgan fingerprint density at radius 1 is 0.588 bits per heavy atom. The van der Waals surface area contributed by atoms with Gasteiger partial charge in [-0.1, -0.05) is 133 Å². The van der Waals surface area contributed by atoms with Gasteiger partial charge in [0.25, 0.3) is 0 Å². The molecule has 4 rings (SSSR count). The molecule has 0 heterocycles. The maximum absolute atomic E-state index is 13.8. The molecular formula is C32H28O2. The lowest BCUT2D eigenvalue weighted by Crippen LogP contribution is -2.31. The Morgan fingerprint density at radius 3 is 1.53 bits per heavy atom. The van der Waals surface area contributed by atoms with Crippen LogP contribution in [0, 0.1) is 11.8 Å². The minimum absolute atomic E-state index is 0.134. The van der Waals surface area contributed by atoms with Crippen molar-refractivity contribution >= 4 is 17.6 Å². The average Bonchev–Trinajstić information content (AvgIpc) is 2.92. The molecule has 1 unspecified atom stereocenters. The summed E-state index contributed by atoms with van der Waals surface area (Å²) in [5, 5.41) is 0. The molecule has 0 fully saturated rings. The van der Waals surface area contributed by atoms with Crippen LogP contribution in [0.15, 0.2) is 127 Å². The Labute approximate surface area is 201 Å². The SMILES string of the molecule is O=C(c1ccccc1)C(C(=O)c1ccccc1)C(/C=C\c1ccccc1)CCc1ccccc1. The first-order valence-electron chi connectivity index (χ1n) is 11.7. The van der Waals surface area contributed by atoms with Crippen LogP contribution in [0.1, 0.15) is 38.3 Å². The molecule has 2 nitrogen and oxygen atoms in total. The molecule has 0 aliphatic carbocycles. The van der Waals surface area contributed by atoms with E-state index in [0.717, 1.165) is 12.0 Å². The fourth-order valence-corrected chi connectivity index (χ4v) is 4.22. The summed E-state index contributed by atoms with van der Waals surface area (Å²) in [5.41, 5.74) is 3.37. The standard InChI is InChI=1S/C32H28O2/c33-31(28-17-9-3-10-18-28)30(32(34)29-19-11-4-12-20-29)27(23-21-25-13-5-1-6-14-25)24-22-26-15-7-2-8-16-26/h1-21,23,27,30H,22,24H2/b23-21-. The highest BCUT2D eigenvalue weighted by atomic mass is 16.2. The van der Waals surface area contributed by atoms with Gasteiger partial charge in [0, 0.05) is 11.1 Å². The van der Waals surface area contributed by atoms with E-state index in [9.17, 15) is 9.59 Å². The van der Waals surface area contributed by atoms with E-state index in [-0.39, 0.29) is 17.5 Å². The zero-order chi connectivity index (χ0) is 23.6. The highest BCUT2D eigenvalue weighted by molar-refractivity contribution is 6.16. The second-order valence-corrected chi connectivity index (χ2v) is 8.40. The first kappa shape index (κ1) is 23.1. The topological polar surface area (TPSA) is 34.1 Å². The van der Waals surface area contributed by atoms with Crippen molar-refractivity contribution in [3.63, 3.8) is 0 Å². The quantitative estimate of drug-likeness (QED) is 0.189. The molecule has 0 bridgehead atoms. The minimum atomic E-state index is -0.798. The zero-order valence-electron chi connectivity index (χ0n) is 19.1. The molecule has 0 aliphatic heterocycles. The molecule has 4 aromatic carbocycles. The summed E-state index contributed by atoms with van der Waals surface area (Å²) in [7, 11) is 0. The molecule has 0 saturated heterocycles. The lowest BCUT2D eigenvalue weighted by molar-refractivity contribution is 0.0767. The zero-order valence-corrected chi connectivity index (χ0v) is 19.1. The molecule has 0 aliphatic rings. The average molecular weight is 445 g/mol. The molecule has 0 radical (unpaired) electrons. The van der Waals surface area contributed by atoms with Gasteiger partial charge in [0.2, 0.25) is 0 Å². The summed E-state index contributed by atoms with van der Waals surface area (Å²) in [5.74, 6) is -1.32. The Morgan fingerprint density at radius 2 is 1.03 bits per heavy atom. The van der Waals surface area contributed by atoms with Crippen molar-refractivity contribution in [3.05, 3.63) is 150 Å². The number of carbonyl (C=O) groups excluding carboxylic acids is 2. The van der Waals surface area contributed by atoms with Gasteiger partial charge in [-0.3, -0.25) is 9.59 Å². The van der Waals surface area contributed by atoms with Crippen LogP contribution in [0.4, 0.5) is 0 Å². The van der Waals surface area contributed by atoms with Gasteiger partial charge >= 0.3 is 0 Å². The summed E-state index contributed by atoms with van der Waals surface area (Å²) in [6, 6.07) is 38.5. The number of rotatable bonds is 10. The fraction of sp³-hybridized carbons (Fsp3) is 0.125. The molecule has 2 heteroatoms. The normalized spacial score (nSPS) is 12.0. The Balaban J connectivity index is 1.72. The molecule has 34 heavy (non-hydrogen) atoms. The third-order valence-electron chi connectivity index (χ3n) is 6.05. The first-order chi connectivity index (χ1) is 16.7. The predicted molar refractivity (Wildman–Crippen MR) is 139 cm³/mol. The van der Waals surface area contributed by atoms with Crippen LogP contribution in [-0.2, 0) is 6.42 Å². The summed E-state index contributed by atoms with van der Waals surface area (Å²) in [6.07, 6.45) is 5.55. The molecule has 1 atom stereocenters. The van der Waals surface area contributed by atoms with Crippen LogP contribution in [0.5, 0.6) is 0 Å². The van der Waals surface area contributed by atoms with Crippen molar-refractivity contribution < 1.29 is 9.59 Å². The van der Waals surface area contributed by atoms with Gasteiger partial charge in [-0.15, -0.1) is 0 Å². The molecular weight excluding hydrogens is 416 g/mol. The summed E-state index contributed by atoms with van der Waals surface area (Å²) in [6.45, 7) is 0. The van der Waals surface area contributed by atoms with Crippen molar-refractivity contribution in [1.29, 1.82) is 0 Å². The molecule has 4 aromatic rings. The van der Waals surface area contributed by atoms with Crippen LogP contribution in [0.3, 0.4) is 0 Å². The van der Waals surface area contributed by atoms with E-state index in [1.54, 1.807) is 24.3 Å². The van der Waals surface area contributed by atoms with E-state index in [2.05, 4.69) is 12.1 Å². The number of ketones is 2. The van der Waals surface area contributed by atoms with Crippen LogP contribution in [-0.4, -0.2) is 11.6 Å².